The van der Waals surface area contributed by atoms with Crippen LogP contribution in [0.4, 0.5) is 4.79 Å². The fourth-order valence-corrected chi connectivity index (χ4v) is 1.93. The van der Waals surface area contributed by atoms with E-state index < -0.39 is 5.97 Å². The highest BCUT2D eigenvalue weighted by Crippen LogP contribution is 2.18. The standard InChI is InChI=1S/C11H21N3O3/c1-12-5-8-13(2)11(17)14-6-3-9(4-7-14)10(15)16/h9,12H,3-8H2,1-2H3,(H,15,16). The third-order valence-corrected chi connectivity index (χ3v) is 3.14. The van der Waals surface area contributed by atoms with Crippen LogP contribution in [-0.4, -0.2) is 67.2 Å². The summed E-state index contributed by atoms with van der Waals surface area (Å²) >= 11 is 0. The molecule has 1 rings (SSSR count). The molecule has 0 bridgehead atoms. The summed E-state index contributed by atoms with van der Waals surface area (Å²) in [4.78, 5) is 26.1. The topological polar surface area (TPSA) is 72.9 Å². The molecule has 0 atom stereocenters. The number of likely N-dealkylation sites (tertiary alicyclic amines) is 1. The van der Waals surface area contributed by atoms with Crippen molar-refractivity contribution in [3.63, 3.8) is 0 Å². The normalized spacial score (nSPS) is 16.9. The number of carbonyl (C=O) groups excluding carboxylic acids is 1. The molecule has 0 saturated carbocycles. The average Bonchev–Trinajstić information content (AvgIpc) is 2.35. The maximum atomic E-state index is 12.0. The number of rotatable bonds is 4. The molecule has 0 unspecified atom stereocenters. The summed E-state index contributed by atoms with van der Waals surface area (Å²) in [6.07, 6.45) is 1.11. The lowest BCUT2D eigenvalue weighted by atomic mass is 9.97. The first-order valence-corrected chi connectivity index (χ1v) is 5.93. The number of carboxylic acid groups (broad SMARTS) is 1. The molecule has 17 heavy (non-hydrogen) atoms. The molecule has 0 aliphatic carbocycles. The van der Waals surface area contributed by atoms with Crippen LogP contribution in [0.25, 0.3) is 0 Å². The van der Waals surface area contributed by atoms with Gasteiger partial charge in [-0.3, -0.25) is 4.79 Å². The third-order valence-electron chi connectivity index (χ3n) is 3.14. The lowest BCUT2D eigenvalue weighted by Gasteiger charge is -2.33. The van der Waals surface area contributed by atoms with Crippen molar-refractivity contribution in [2.75, 3.05) is 40.3 Å². The summed E-state index contributed by atoms with van der Waals surface area (Å²) < 4.78 is 0. The molecule has 1 aliphatic heterocycles. The summed E-state index contributed by atoms with van der Waals surface area (Å²) in [5, 5.41) is 11.9. The lowest BCUT2D eigenvalue weighted by Crippen LogP contribution is -2.47. The first kappa shape index (κ1) is 13.8. The number of hydrogen-bond acceptors (Lipinski definition) is 3. The summed E-state index contributed by atoms with van der Waals surface area (Å²) in [7, 11) is 3.61. The minimum atomic E-state index is -0.749. The maximum Gasteiger partial charge on any atom is 0.319 e. The van der Waals surface area contributed by atoms with E-state index in [1.165, 1.54) is 0 Å². The molecule has 98 valence electrons. The van der Waals surface area contributed by atoms with E-state index in [9.17, 15) is 9.59 Å². The average molecular weight is 243 g/mol. The molecule has 1 fully saturated rings. The highest BCUT2D eigenvalue weighted by Gasteiger charge is 2.28. The van der Waals surface area contributed by atoms with Crippen LogP contribution in [0.3, 0.4) is 0 Å². The van der Waals surface area contributed by atoms with E-state index in [4.69, 9.17) is 5.11 Å². The van der Waals surface area contributed by atoms with E-state index in [1.807, 2.05) is 7.05 Å². The molecule has 2 amide bonds. The van der Waals surface area contributed by atoms with Gasteiger partial charge >= 0.3 is 12.0 Å². The van der Waals surface area contributed by atoms with Gasteiger partial charge in [-0.05, 0) is 19.9 Å². The van der Waals surface area contributed by atoms with Crippen molar-refractivity contribution in [1.82, 2.24) is 15.1 Å². The second-order valence-corrected chi connectivity index (χ2v) is 4.41. The number of nitrogens with one attached hydrogen (secondary N) is 1. The molecular formula is C11H21N3O3. The maximum absolute atomic E-state index is 12.0. The molecule has 1 aliphatic rings. The van der Waals surface area contributed by atoms with Gasteiger partial charge in [0.25, 0.3) is 0 Å². The zero-order valence-corrected chi connectivity index (χ0v) is 10.5. The molecule has 6 heteroatoms. The Bertz CT molecular complexity index is 275. The number of aliphatic carboxylic acids is 1. The van der Waals surface area contributed by atoms with Gasteiger partial charge in [-0.2, -0.15) is 0 Å². The molecule has 0 aromatic heterocycles. The molecule has 0 radical (unpaired) electrons. The zero-order chi connectivity index (χ0) is 12.8. The zero-order valence-electron chi connectivity index (χ0n) is 10.5. The van der Waals surface area contributed by atoms with Gasteiger partial charge in [-0.1, -0.05) is 0 Å². The number of piperidine rings is 1. The van der Waals surface area contributed by atoms with Crippen LogP contribution < -0.4 is 5.32 Å². The number of nitrogens with zero attached hydrogens (tertiary/aromatic N) is 2. The van der Waals surface area contributed by atoms with Crippen LogP contribution in [0.1, 0.15) is 12.8 Å². The molecule has 0 aromatic rings. The Labute approximate surface area is 102 Å². The van der Waals surface area contributed by atoms with Crippen molar-refractivity contribution >= 4 is 12.0 Å². The molecule has 1 saturated heterocycles. The number of amides is 2. The van der Waals surface area contributed by atoms with Gasteiger partial charge in [0, 0.05) is 33.2 Å². The van der Waals surface area contributed by atoms with E-state index in [0.29, 0.717) is 32.5 Å². The van der Waals surface area contributed by atoms with Crippen LogP contribution >= 0.6 is 0 Å². The molecule has 0 aromatic carbocycles. The van der Waals surface area contributed by atoms with Gasteiger partial charge in [0.05, 0.1) is 5.92 Å². The van der Waals surface area contributed by atoms with Gasteiger partial charge in [0.1, 0.15) is 0 Å². The monoisotopic (exact) mass is 243 g/mol. The van der Waals surface area contributed by atoms with Gasteiger partial charge < -0.3 is 20.2 Å². The molecule has 2 N–H and O–H groups in total. The summed E-state index contributed by atoms with van der Waals surface area (Å²) in [5.41, 5.74) is 0. The Kier molecular flexibility index (Phi) is 5.21. The number of urea groups is 1. The number of carbonyl (C=O) groups is 2. The highest BCUT2D eigenvalue weighted by atomic mass is 16.4. The predicted molar refractivity (Wildman–Crippen MR) is 63.9 cm³/mol. The lowest BCUT2D eigenvalue weighted by molar-refractivity contribution is -0.143. The van der Waals surface area contributed by atoms with Gasteiger partial charge in [0.15, 0.2) is 0 Å². The van der Waals surface area contributed by atoms with Crippen molar-refractivity contribution < 1.29 is 14.7 Å². The largest absolute Gasteiger partial charge is 0.481 e. The smallest absolute Gasteiger partial charge is 0.319 e. The van der Waals surface area contributed by atoms with Crippen molar-refractivity contribution in [2.24, 2.45) is 5.92 Å². The minimum Gasteiger partial charge on any atom is -0.481 e. The Morgan fingerprint density at radius 3 is 2.47 bits per heavy atom. The van der Waals surface area contributed by atoms with E-state index in [0.717, 1.165) is 6.54 Å². The van der Waals surface area contributed by atoms with E-state index in [1.54, 1.807) is 16.8 Å². The van der Waals surface area contributed by atoms with E-state index >= 15 is 0 Å². The van der Waals surface area contributed by atoms with Crippen molar-refractivity contribution in [3.8, 4) is 0 Å². The second kappa shape index (κ2) is 6.44. The molecular weight excluding hydrogens is 222 g/mol. The van der Waals surface area contributed by atoms with E-state index in [-0.39, 0.29) is 11.9 Å². The van der Waals surface area contributed by atoms with Crippen LogP contribution in [0.15, 0.2) is 0 Å². The van der Waals surface area contributed by atoms with Crippen LogP contribution in [0.5, 0.6) is 0 Å². The van der Waals surface area contributed by atoms with Crippen LogP contribution in [0.2, 0.25) is 0 Å². The molecule has 6 nitrogen and oxygen atoms in total. The van der Waals surface area contributed by atoms with Crippen molar-refractivity contribution in [1.29, 1.82) is 0 Å². The Hall–Kier alpha value is -1.30. The van der Waals surface area contributed by atoms with Crippen LogP contribution in [0, 0.1) is 5.92 Å². The Balaban J connectivity index is 2.37. The van der Waals surface area contributed by atoms with Gasteiger partial charge in [-0.15, -0.1) is 0 Å². The van der Waals surface area contributed by atoms with Gasteiger partial charge in [0.2, 0.25) is 0 Å². The number of hydrogen-bond donors (Lipinski definition) is 2. The van der Waals surface area contributed by atoms with Crippen molar-refractivity contribution in [2.45, 2.75) is 12.8 Å². The Morgan fingerprint density at radius 2 is 2.00 bits per heavy atom. The molecule has 0 spiro atoms. The van der Waals surface area contributed by atoms with Crippen LogP contribution in [-0.2, 0) is 4.79 Å². The number of carboxylic acids is 1. The van der Waals surface area contributed by atoms with Crippen molar-refractivity contribution in [3.05, 3.63) is 0 Å². The fourth-order valence-electron chi connectivity index (χ4n) is 1.93. The SMILES string of the molecule is CNCCN(C)C(=O)N1CCC(C(=O)O)CC1. The predicted octanol–water partition coefficient (Wildman–Crippen LogP) is 0.0542. The first-order chi connectivity index (χ1) is 8.06. The minimum absolute atomic E-state index is 0.0101. The second-order valence-electron chi connectivity index (χ2n) is 4.41. The quantitative estimate of drug-likeness (QED) is 0.732. The first-order valence-electron chi connectivity index (χ1n) is 5.93. The Morgan fingerprint density at radius 1 is 1.41 bits per heavy atom. The summed E-state index contributed by atoms with van der Waals surface area (Å²) in [5.74, 6) is -1.04. The van der Waals surface area contributed by atoms with Gasteiger partial charge in [-0.25, -0.2) is 4.79 Å². The number of likely N-dealkylation sites (N-methyl/N-ethyl adjacent to an activating group) is 2. The van der Waals surface area contributed by atoms with E-state index in [2.05, 4.69) is 5.32 Å². The highest BCUT2D eigenvalue weighted by molar-refractivity contribution is 5.75. The third kappa shape index (κ3) is 3.89. The summed E-state index contributed by atoms with van der Waals surface area (Å²) in [6.45, 7) is 2.50. The molecule has 1 heterocycles. The fraction of sp³-hybridized carbons (Fsp3) is 0.818. The summed E-state index contributed by atoms with van der Waals surface area (Å²) in [6, 6.07) is -0.0101.